The molecule has 0 aliphatic heterocycles. The number of aliphatic hydroxyl groups is 1. The standard InChI is InChI=1S/C8H6N2OS/c9-4-6(7(11)5-10)8-2-1-3-12-8/h1-3,6-7,11H. The molecule has 1 aromatic rings. The number of rotatable bonds is 2. The van der Waals surface area contributed by atoms with Crippen molar-refractivity contribution in [1.29, 1.82) is 10.5 Å². The third-order valence-corrected chi connectivity index (χ3v) is 2.39. The summed E-state index contributed by atoms with van der Waals surface area (Å²) in [6.07, 6.45) is -1.23. The van der Waals surface area contributed by atoms with Gasteiger partial charge in [-0.3, -0.25) is 0 Å². The van der Waals surface area contributed by atoms with E-state index in [0.29, 0.717) is 0 Å². The lowest BCUT2D eigenvalue weighted by molar-refractivity contribution is 0.218. The van der Waals surface area contributed by atoms with E-state index in [-0.39, 0.29) is 0 Å². The van der Waals surface area contributed by atoms with E-state index in [2.05, 4.69) is 0 Å². The zero-order valence-electron chi connectivity index (χ0n) is 6.14. The summed E-state index contributed by atoms with van der Waals surface area (Å²) in [5.74, 6) is -0.713. The number of thiophene rings is 1. The van der Waals surface area contributed by atoms with Crippen LogP contribution >= 0.6 is 11.3 Å². The lowest BCUT2D eigenvalue weighted by Gasteiger charge is -2.05. The number of hydrogen-bond acceptors (Lipinski definition) is 4. The molecule has 1 rings (SSSR count). The molecule has 0 bridgehead atoms. The predicted molar refractivity (Wildman–Crippen MR) is 44.3 cm³/mol. The zero-order valence-corrected chi connectivity index (χ0v) is 6.95. The van der Waals surface area contributed by atoms with E-state index in [0.717, 1.165) is 4.88 Å². The van der Waals surface area contributed by atoms with Gasteiger partial charge in [-0.15, -0.1) is 11.3 Å². The normalized spacial score (nSPS) is 14.2. The average molecular weight is 178 g/mol. The molecule has 4 heteroatoms. The van der Waals surface area contributed by atoms with Gasteiger partial charge in [0.05, 0.1) is 12.1 Å². The van der Waals surface area contributed by atoms with Gasteiger partial charge >= 0.3 is 0 Å². The van der Waals surface area contributed by atoms with E-state index in [1.807, 2.05) is 11.4 Å². The quantitative estimate of drug-likeness (QED) is 0.693. The molecule has 2 unspecified atom stereocenters. The first-order chi connectivity index (χ1) is 5.79. The van der Waals surface area contributed by atoms with Crippen molar-refractivity contribution in [1.82, 2.24) is 0 Å². The molecule has 0 fully saturated rings. The molecule has 0 radical (unpaired) electrons. The lowest BCUT2D eigenvalue weighted by Crippen LogP contribution is -2.13. The van der Waals surface area contributed by atoms with Crippen molar-refractivity contribution in [2.45, 2.75) is 12.0 Å². The zero-order chi connectivity index (χ0) is 8.97. The Kier molecular flexibility index (Phi) is 2.82. The average Bonchev–Trinajstić information content (AvgIpc) is 2.58. The second-order valence-electron chi connectivity index (χ2n) is 2.20. The lowest BCUT2D eigenvalue weighted by atomic mass is 10.0. The van der Waals surface area contributed by atoms with Crippen LogP contribution < -0.4 is 0 Å². The van der Waals surface area contributed by atoms with Gasteiger partial charge in [0.1, 0.15) is 5.92 Å². The molecule has 0 saturated heterocycles. The van der Waals surface area contributed by atoms with Gasteiger partial charge in [0.15, 0.2) is 6.10 Å². The Labute approximate surface area is 74.1 Å². The van der Waals surface area contributed by atoms with Crippen LogP contribution in [0.3, 0.4) is 0 Å². The van der Waals surface area contributed by atoms with Crippen LogP contribution in [-0.2, 0) is 0 Å². The Hall–Kier alpha value is -1.36. The summed E-state index contributed by atoms with van der Waals surface area (Å²) >= 11 is 1.37. The van der Waals surface area contributed by atoms with Crippen molar-refractivity contribution < 1.29 is 5.11 Å². The molecule has 3 nitrogen and oxygen atoms in total. The second kappa shape index (κ2) is 3.87. The Balaban J connectivity index is 2.87. The van der Waals surface area contributed by atoms with E-state index in [1.165, 1.54) is 11.3 Å². The van der Waals surface area contributed by atoms with Crippen LogP contribution in [0.15, 0.2) is 17.5 Å². The van der Waals surface area contributed by atoms with Crippen molar-refractivity contribution in [3.63, 3.8) is 0 Å². The molecule has 60 valence electrons. The Morgan fingerprint density at radius 3 is 2.58 bits per heavy atom. The fraction of sp³-hybridized carbons (Fsp3) is 0.250. The van der Waals surface area contributed by atoms with E-state index < -0.39 is 12.0 Å². The smallest absolute Gasteiger partial charge is 0.161 e. The Bertz CT molecular complexity index is 320. The summed E-state index contributed by atoms with van der Waals surface area (Å²) in [7, 11) is 0. The molecule has 2 atom stereocenters. The second-order valence-corrected chi connectivity index (χ2v) is 3.18. The number of nitrogens with zero attached hydrogens (tertiary/aromatic N) is 2. The molecule has 1 aromatic heterocycles. The maximum atomic E-state index is 9.11. The van der Waals surface area contributed by atoms with Crippen molar-refractivity contribution in [2.75, 3.05) is 0 Å². The highest BCUT2D eigenvalue weighted by Crippen LogP contribution is 2.23. The van der Waals surface area contributed by atoms with Crippen LogP contribution in [0.25, 0.3) is 0 Å². The molecular weight excluding hydrogens is 172 g/mol. The topological polar surface area (TPSA) is 67.8 Å². The highest BCUT2D eigenvalue weighted by Gasteiger charge is 2.20. The molecular formula is C8H6N2OS. The summed E-state index contributed by atoms with van der Waals surface area (Å²) < 4.78 is 0. The van der Waals surface area contributed by atoms with E-state index in [4.69, 9.17) is 15.6 Å². The van der Waals surface area contributed by atoms with E-state index in [1.54, 1.807) is 18.2 Å². The van der Waals surface area contributed by atoms with Gasteiger partial charge in [0, 0.05) is 4.88 Å². The highest BCUT2D eigenvalue weighted by molar-refractivity contribution is 7.10. The third kappa shape index (κ3) is 1.62. The first-order valence-corrected chi connectivity index (χ1v) is 4.18. The largest absolute Gasteiger partial charge is 0.376 e. The van der Waals surface area contributed by atoms with Crippen LogP contribution in [0.5, 0.6) is 0 Å². The van der Waals surface area contributed by atoms with Crippen molar-refractivity contribution in [2.24, 2.45) is 0 Å². The number of aliphatic hydroxyl groups excluding tert-OH is 1. The fourth-order valence-electron chi connectivity index (χ4n) is 0.833. The fourth-order valence-corrected chi connectivity index (χ4v) is 1.63. The minimum atomic E-state index is -1.23. The number of hydrogen-bond donors (Lipinski definition) is 1. The van der Waals surface area contributed by atoms with Gasteiger partial charge in [0.2, 0.25) is 0 Å². The van der Waals surface area contributed by atoms with Crippen LogP contribution in [-0.4, -0.2) is 11.2 Å². The summed E-state index contributed by atoms with van der Waals surface area (Å²) in [6, 6.07) is 7.06. The van der Waals surface area contributed by atoms with Crippen molar-refractivity contribution in [3.8, 4) is 12.1 Å². The summed E-state index contributed by atoms with van der Waals surface area (Å²) in [5, 5.41) is 28.0. The molecule has 0 aromatic carbocycles. The Morgan fingerprint density at radius 1 is 1.42 bits per heavy atom. The molecule has 0 spiro atoms. The third-order valence-electron chi connectivity index (χ3n) is 1.44. The predicted octanol–water partition coefficient (Wildman–Crippen LogP) is 1.24. The van der Waals surface area contributed by atoms with Crippen LogP contribution in [0.4, 0.5) is 0 Å². The first-order valence-electron chi connectivity index (χ1n) is 3.30. The summed E-state index contributed by atoms with van der Waals surface area (Å²) in [5.41, 5.74) is 0. The molecule has 1 N–H and O–H groups in total. The van der Waals surface area contributed by atoms with Crippen molar-refractivity contribution in [3.05, 3.63) is 22.4 Å². The van der Waals surface area contributed by atoms with Crippen LogP contribution in [0, 0.1) is 22.7 Å². The van der Waals surface area contributed by atoms with Gasteiger partial charge in [-0.2, -0.15) is 10.5 Å². The molecule has 0 aliphatic carbocycles. The highest BCUT2D eigenvalue weighted by atomic mass is 32.1. The minimum absolute atomic E-state index is 0.713. The SMILES string of the molecule is N#CC(O)C(C#N)c1cccs1. The minimum Gasteiger partial charge on any atom is -0.376 e. The van der Waals surface area contributed by atoms with E-state index >= 15 is 0 Å². The maximum Gasteiger partial charge on any atom is 0.161 e. The summed E-state index contributed by atoms with van der Waals surface area (Å²) in [6.45, 7) is 0. The van der Waals surface area contributed by atoms with Gasteiger partial charge in [0.25, 0.3) is 0 Å². The van der Waals surface area contributed by atoms with Gasteiger partial charge in [-0.25, -0.2) is 0 Å². The van der Waals surface area contributed by atoms with E-state index in [9.17, 15) is 0 Å². The van der Waals surface area contributed by atoms with Gasteiger partial charge < -0.3 is 5.11 Å². The van der Waals surface area contributed by atoms with Gasteiger partial charge in [-0.05, 0) is 11.4 Å². The molecule has 0 saturated carbocycles. The molecule has 1 heterocycles. The van der Waals surface area contributed by atoms with Crippen molar-refractivity contribution >= 4 is 11.3 Å². The van der Waals surface area contributed by atoms with Crippen LogP contribution in [0.2, 0.25) is 0 Å². The molecule has 12 heavy (non-hydrogen) atoms. The molecule has 0 aliphatic rings. The first kappa shape index (κ1) is 8.73. The number of nitriles is 2. The van der Waals surface area contributed by atoms with Crippen LogP contribution in [0.1, 0.15) is 10.8 Å². The van der Waals surface area contributed by atoms with Gasteiger partial charge in [-0.1, -0.05) is 6.07 Å². The maximum absolute atomic E-state index is 9.11. The monoisotopic (exact) mass is 178 g/mol. The molecule has 0 amide bonds. The Morgan fingerprint density at radius 2 is 2.17 bits per heavy atom. The summed E-state index contributed by atoms with van der Waals surface area (Å²) in [4.78, 5) is 0.728.